The molecule has 0 saturated heterocycles. The maximum atomic E-state index is 9.57. The Morgan fingerprint density at radius 1 is 1.24 bits per heavy atom. The highest BCUT2D eigenvalue weighted by Gasteiger charge is 2.12. The SMILES string of the molecule is COc1cc([C@@H](C)O)ccc1OCc1nc(C(C)C)no1. The van der Waals surface area contributed by atoms with Gasteiger partial charge in [-0.3, -0.25) is 0 Å². The van der Waals surface area contributed by atoms with E-state index in [0.717, 1.165) is 5.56 Å². The lowest BCUT2D eigenvalue weighted by Crippen LogP contribution is -2.00. The summed E-state index contributed by atoms with van der Waals surface area (Å²) >= 11 is 0. The lowest BCUT2D eigenvalue weighted by molar-refractivity contribution is 0.198. The standard InChI is InChI=1S/C15H20N2O4/c1-9(2)15-16-14(21-17-15)8-20-12-6-5-11(10(3)18)7-13(12)19-4/h5-7,9-10,18H,8H2,1-4H3/t10-/m1/s1. The van der Waals surface area contributed by atoms with Gasteiger partial charge in [0.05, 0.1) is 13.2 Å². The fourth-order valence-corrected chi connectivity index (χ4v) is 1.76. The predicted molar refractivity (Wildman–Crippen MR) is 76.3 cm³/mol. The number of hydrogen-bond acceptors (Lipinski definition) is 6. The van der Waals surface area contributed by atoms with Crippen molar-refractivity contribution in [3.8, 4) is 11.5 Å². The molecule has 0 unspecified atom stereocenters. The molecule has 0 radical (unpaired) electrons. The zero-order valence-corrected chi connectivity index (χ0v) is 12.7. The number of rotatable bonds is 6. The first-order chi connectivity index (χ1) is 10.0. The summed E-state index contributed by atoms with van der Waals surface area (Å²) < 4.78 is 16.0. The Labute approximate surface area is 123 Å². The van der Waals surface area contributed by atoms with Crippen molar-refractivity contribution in [2.45, 2.75) is 39.4 Å². The lowest BCUT2D eigenvalue weighted by Gasteiger charge is -2.12. The zero-order chi connectivity index (χ0) is 15.4. The molecule has 1 aromatic heterocycles. The molecular weight excluding hydrogens is 272 g/mol. The van der Waals surface area contributed by atoms with Gasteiger partial charge in [-0.15, -0.1) is 0 Å². The van der Waals surface area contributed by atoms with Crippen molar-refractivity contribution in [1.29, 1.82) is 0 Å². The summed E-state index contributed by atoms with van der Waals surface area (Å²) in [6.45, 7) is 5.85. The second-order valence-electron chi connectivity index (χ2n) is 5.08. The van der Waals surface area contributed by atoms with E-state index in [2.05, 4.69) is 10.1 Å². The maximum Gasteiger partial charge on any atom is 0.264 e. The zero-order valence-electron chi connectivity index (χ0n) is 12.7. The van der Waals surface area contributed by atoms with Crippen LogP contribution in [0.15, 0.2) is 22.7 Å². The Bertz CT molecular complexity index is 593. The van der Waals surface area contributed by atoms with E-state index >= 15 is 0 Å². The maximum absolute atomic E-state index is 9.57. The molecule has 1 atom stereocenters. The number of aliphatic hydroxyl groups excluding tert-OH is 1. The molecule has 0 aliphatic rings. The van der Waals surface area contributed by atoms with E-state index in [4.69, 9.17) is 14.0 Å². The van der Waals surface area contributed by atoms with E-state index < -0.39 is 6.10 Å². The van der Waals surface area contributed by atoms with Crippen LogP contribution in [-0.4, -0.2) is 22.4 Å². The summed E-state index contributed by atoms with van der Waals surface area (Å²) in [6, 6.07) is 5.28. The lowest BCUT2D eigenvalue weighted by atomic mass is 10.1. The van der Waals surface area contributed by atoms with Crippen LogP contribution in [-0.2, 0) is 6.61 Å². The van der Waals surface area contributed by atoms with Gasteiger partial charge in [-0.05, 0) is 24.6 Å². The van der Waals surface area contributed by atoms with E-state index in [1.165, 1.54) is 0 Å². The number of aromatic nitrogens is 2. The van der Waals surface area contributed by atoms with Crippen molar-refractivity contribution in [3.05, 3.63) is 35.5 Å². The molecule has 0 bridgehead atoms. The molecule has 6 heteroatoms. The second kappa shape index (κ2) is 6.58. The molecule has 21 heavy (non-hydrogen) atoms. The van der Waals surface area contributed by atoms with E-state index in [-0.39, 0.29) is 12.5 Å². The van der Waals surface area contributed by atoms with E-state index in [9.17, 15) is 5.11 Å². The molecule has 0 saturated carbocycles. The van der Waals surface area contributed by atoms with Gasteiger partial charge in [0, 0.05) is 5.92 Å². The van der Waals surface area contributed by atoms with Crippen LogP contribution in [0, 0.1) is 0 Å². The molecule has 1 aromatic carbocycles. The van der Waals surface area contributed by atoms with Gasteiger partial charge in [-0.1, -0.05) is 25.1 Å². The first-order valence-electron chi connectivity index (χ1n) is 6.82. The molecule has 0 aliphatic carbocycles. The number of aliphatic hydroxyl groups is 1. The van der Waals surface area contributed by atoms with Crippen molar-refractivity contribution in [2.75, 3.05) is 7.11 Å². The van der Waals surface area contributed by atoms with Crippen LogP contribution in [0.25, 0.3) is 0 Å². The highest BCUT2D eigenvalue weighted by molar-refractivity contribution is 5.43. The average Bonchev–Trinajstić information content (AvgIpc) is 2.93. The van der Waals surface area contributed by atoms with Gasteiger partial charge in [0.1, 0.15) is 0 Å². The van der Waals surface area contributed by atoms with Crippen molar-refractivity contribution < 1.29 is 19.1 Å². The largest absolute Gasteiger partial charge is 0.493 e. The third-order valence-corrected chi connectivity index (χ3v) is 3.02. The van der Waals surface area contributed by atoms with E-state index in [1.807, 2.05) is 13.8 Å². The second-order valence-corrected chi connectivity index (χ2v) is 5.08. The molecule has 0 amide bonds. The van der Waals surface area contributed by atoms with Crippen LogP contribution in [0.5, 0.6) is 11.5 Å². The summed E-state index contributed by atoms with van der Waals surface area (Å²) in [6.07, 6.45) is -0.558. The summed E-state index contributed by atoms with van der Waals surface area (Å²) in [5, 5.41) is 13.4. The molecule has 0 fully saturated rings. The van der Waals surface area contributed by atoms with Crippen LogP contribution in [0.1, 0.15) is 50.1 Å². The van der Waals surface area contributed by atoms with Crippen molar-refractivity contribution in [3.63, 3.8) is 0 Å². The molecule has 0 aliphatic heterocycles. The predicted octanol–water partition coefficient (Wildman–Crippen LogP) is 2.83. The van der Waals surface area contributed by atoms with Crippen LogP contribution >= 0.6 is 0 Å². The summed E-state index contributed by atoms with van der Waals surface area (Å²) in [7, 11) is 1.55. The minimum atomic E-state index is -0.558. The minimum Gasteiger partial charge on any atom is -0.493 e. The molecule has 2 rings (SSSR count). The number of benzene rings is 1. The minimum absolute atomic E-state index is 0.171. The van der Waals surface area contributed by atoms with Crippen molar-refractivity contribution >= 4 is 0 Å². The molecule has 6 nitrogen and oxygen atoms in total. The van der Waals surface area contributed by atoms with Gasteiger partial charge in [0.25, 0.3) is 5.89 Å². The van der Waals surface area contributed by atoms with Gasteiger partial charge >= 0.3 is 0 Å². The van der Waals surface area contributed by atoms with Crippen molar-refractivity contribution in [1.82, 2.24) is 10.1 Å². The highest BCUT2D eigenvalue weighted by atomic mass is 16.5. The fourth-order valence-electron chi connectivity index (χ4n) is 1.76. The van der Waals surface area contributed by atoms with Gasteiger partial charge < -0.3 is 19.1 Å². The molecular formula is C15H20N2O4. The van der Waals surface area contributed by atoms with Crippen LogP contribution < -0.4 is 9.47 Å². The Kier molecular flexibility index (Phi) is 4.80. The number of hydrogen-bond donors (Lipinski definition) is 1. The third-order valence-electron chi connectivity index (χ3n) is 3.02. The molecule has 1 heterocycles. The normalized spacial score (nSPS) is 12.5. The Hall–Kier alpha value is -2.08. The highest BCUT2D eigenvalue weighted by Crippen LogP contribution is 2.30. The topological polar surface area (TPSA) is 77.6 Å². The Morgan fingerprint density at radius 3 is 2.57 bits per heavy atom. The van der Waals surface area contributed by atoms with Crippen molar-refractivity contribution in [2.24, 2.45) is 0 Å². The summed E-state index contributed by atoms with van der Waals surface area (Å²) in [5.41, 5.74) is 0.763. The first kappa shape index (κ1) is 15.3. The smallest absolute Gasteiger partial charge is 0.264 e. The van der Waals surface area contributed by atoms with Crippen LogP contribution in [0.4, 0.5) is 0 Å². The molecule has 114 valence electrons. The van der Waals surface area contributed by atoms with Gasteiger partial charge in [0.2, 0.25) is 0 Å². The van der Waals surface area contributed by atoms with E-state index in [0.29, 0.717) is 23.2 Å². The fraction of sp³-hybridized carbons (Fsp3) is 0.467. The Morgan fingerprint density at radius 2 is 2.00 bits per heavy atom. The quantitative estimate of drug-likeness (QED) is 0.882. The first-order valence-corrected chi connectivity index (χ1v) is 6.82. The molecule has 1 N–H and O–H groups in total. The molecule has 0 spiro atoms. The third kappa shape index (κ3) is 3.72. The summed E-state index contributed by atoms with van der Waals surface area (Å²) in [4.78, 5) is 4.24. The van der Waals surface area contributed by atoms with E-state index in [1.54, 1.807) is 32.2 Å². The number of ether oxygens (including phenoxy) is 2. The van der Waals surface area contributed by atoms with Gasteiger partial charge in [0.15, 0.2) is 23.9 Å². The number of nitrogens with zero attached hydrogens (tertiary/aromatic N) is 2. The van der Waals surface area contributed by atoms with Crippen LogP contribution in [0.3, 0.4) is 0 Å². The Balaban J connectivity index is 2.08. The molecule has 2 aromatic rings. The van der Waals surface area contributed by atoms with Gasteiger partial charge in [-0.25, -0.2) is 0 Å². The summed E-state index contributed by atoms with van der Waals surface area (Å²) in [5.74, 6) is 2.40. The average molecular weight is 292 g/mol. The monoisotopic (exact) mass is 292 g/mol. The van der Waals surface area contributed by atoms with Crippen LogP contribution in [0.2, 0.25) is 0 Å². The van der Waals surface area contributed by atoms with Gasteiger partial charge in [-0.2, -0.15) is 4.98 Å². The number of methoxy groups -OCH3 is 1.